The fraction of sp³-hybridized carbons (Fsp3) is 0.657. The average Bonchev–Trinajstić information content (AvgIpc) is 3.05. The van der Waals surface area contributed by atoms with Gasteiger partial charge in [0.05, 0.1) is 24.1 Å². The molecule has 0 saturated carbocycles. The Morgan fingerprint density at radius 2 is 1.55 bits per heavy atom. The Labute approximate surface area is 294 Å². The number of hydrogen-bond acceptors (Lipinski definition) is 8. The van der Waals surface area contributed by atoms with Crippen LogP contribution in [0.15, 0.2) is 24.3 Å². The summed E-state index contributed by atoms with van der Waals surface area (Å²) in [7, 11) is 0. The van der Waals surface area contributed by atoms with Crippen molar-refractivity contribution in [2.75, 3.05) is 12.0 Å². The third kappa shape index (κ3) is 16.5. The monoisotopic (exact) mass is 707 g/mol. The fourth-order valence-electron chi connectivity index (χ4n) is 5.18. The van der Waals surface area contributed by atoms with Crippen molar-refractivity contribution in [2.24, 2.45) is 11.8 Å². The van der Waals surface area contributed by atoms with Crippen molar-refractivity contribution < 1.29 is 39.0 Å². The zero-order valence-electron chi connectivity index (χ0n) is 30.0. The van der Waals surface area contributed by atoms with Crippen LogP contribution in [0.1, 0.15) is 102 Å². The van der Waals surface area contributed by atoms with E-state index in [-0.39, 0.29) is 36.3 Å². The van der Waals surface area contributed by atoms with E-state index in [2.05, 4.69) is 26.6 Å². The smallest absolute Gasteiger partial charge is 0.335 e. The molecule has 0 unspecified atom stereocenters. The Morgan fingerprint density at radius 3 is 2.12 bits per heavy atom. The molecule has 0 bridgehead atoms. The summed E-state index contributed by atoms with van der Waals surface area (Å²) in [5.74, 6) is -2.99. The van der Waals surface area contributed by atoms with Crippen molar-refractivity contribution in [1.29, 1.82) is 0 Å². The van der Waals surface area contributed by atoms with Crippen LogP contribution in [0.3, 0.4) is 0 Å². The van der Waals surface area contributed by atoms with E-state index in [4.69, 9.17) is 0 Å². The predicted octanol–water partition coefficient (Wildman–Crippen LogP) is 2.75. The molecule has 0 aromatic heterocycles. The molecule has 1 aromatic carbocycles. The highest BCUT2D eigenvalue weighted by Crippen LogP contribution is 2.14. The summed E-state index contributed by atoms with van der Waals surface area (Å²) in [6.07, 6.45) is 3.30. The molecule has 0 aliphatic rings. The molecule has 0 heterocycles. The van der Waals surface area contributed by atoms with Crippen LogP contribution in [-0.4, -0.2) is 88.0 Å². The lowest BCUT2D eigenvalue weighted by Crippen LogP contribution is -2.57. The van der Waals surface area contributed by atoms with Gasteiger partial charge in [0.15, 0.2) is 0 Å². The summed E-state index contributed by atoms with van der Waals surface area (Å²) in [4.78, 5) is 76.1. The zero-order chi connectivity index (χ0) is 37.1. The Hall–Kier alpha value is -3.65. The number of carboxylic acids is 1. The Bertz CT molecular complexity index is 1250. The molecule has 1 aromatic rings. The van der Waals surface area contributed by atoms with Crippen molar-refractivity contribution in [1.82, 2.24) is 26.6 Å². The molecule has 0 aliphatic carbocycles. The largest absolute Gasteiger partial charge is 0.478 e. The van der Waals surface area contributed by atoms with Crippen LogP contribution in [0.25, 0.3) is 0 Å². The maximum absolute atomic E-state index is 13.6. The molecule has 49 heavy (non-hydrogen) atoms. The molecule has 14 heteroatoms. The summed E-state index contributed by atoms with van der Waals surface area (Å²) in [5.41, 5.74) is 0.687. The van der Waals surface area contributed by atoms with Gasteiger partial charge in [0.25, 0.3) is 0 Å². The van der Waals surface area contributed by atoms with Crippen molar-refractivity contribution in [3.63, 3.8) is 0 Å². The maximum atomic E-state index is 13.6. The molecule has 6 atom stereocenters. The first kappa shape index (κ1) is 43.4. The van der Waals surface area contributed by atoms with E-state index in [1.165, 1.54) is 30.8 Å². The average molecular weight is 708 g/mol. The number of carbonyl (C=O) groups excluding carboxylic acids is 5. The SMILES string of the molecule is CCCC[C@H](NC(=O)C[C@H](O)[C@H](CC(C)C)NC(=O)[C@H](CCSC)NC(=O)[C@@H](NC(C)=O)[C@@H](C)CC)C(=O)NCc1cccc(C(=O)O)c1. The van der Waals surface area contributed by atoms with Crippen LogP contribution in [0.5, 0.6) is 0 Å². The van der Waals surface area contributed by atoms with E-state index in [1.807, 2.05) is 40.9 Å². The summed E-state index contributed by atoms with van der Waals surface area (Å²) in [5, 5.41) is 34.2. The topological polar surface area (TPSA) is 203 Å². The summed E-state index contributed by atoms with van der Waals surface area (Å²) in [6, 6.07) is 2.74. The van der Waals surface area contributed by atoms with Gasteiger partial charge in [-0.1, -0.05) is 66.0 Å². The minimum absolute atomic E-state index is 0.0412. The highest BCUT2D eigenvalue weighted by atomic mass is 32.2. The minimum Gasteiger partial charge on any atom is -0.478 e. The number of aliphatic hydroxyl groups is 1. The molecule has 5 amide bonds. The van der Waals surface area contributed by atoms with Crippen LogP contribution < -0.4 is 26.6 Å². The van der Waals surface area contributed by atoms with Crippen molar-refractivity contribution in [3.05, 3.63) is 35.4 Å². The molecule has 7 N–H and O–H groups in total. The molecule has 0 saturated heterocycles. The molecule has 0 radical (unpaired) electrons. The molecule has 0 fully saturated rings. The Morgan fingerprint density at radius 1 is 0.878 bits per heavy atom. The number of carboxylic acid groups (broad SMARTS) is 1. The normalized spacial score (nSPS) is 14.8. The van der Waals surface area contributed by atoms with Crippen LogP contribution in [0, 0.1) is 11.8 Å². The number of nitrogens with one attached hydrogen (secondary N) is 5. The number of thioether (sulfide) groups is 1. The second kappa shape index (κ2) is 22.9. The summed E-state index contributed by atoms with van der Waals surface area (Å²) in [6.45, 7) is 10.9. The van der Waals surface area contributed by atoms with E-state index in [0.717, 1.165) is 6.42 Å². The maximum Gasteiger partial charge on any atom is 0.335 e. The number of aliphatic hydroxyl groups excluding tert-OH is 1. The summed E-state index contributed by atoms with van der Waals surface area (Å²) >= 11 is 1.51. The molecular formula is C35H57N5O8S. The molecule has 0 spiro atoms. The first-order chi connectivity index (χ1) is 23.1. The fourth-order valence-corrected chi connectivity index (χ4v) is 5.65. The van der Waals surface area contributed by atoms with E-state index >= 15 is 0 Å². The lowest BCUT2D eigenvalue weighted by Gasteiger charge is -2.30. The Balaban J connectivity index is 3.03. The predicted molar refractivity (Wildman–Crippen MR) is 191 cm³/mol. The third-order valence-corrected chi connectivity index (χ3v) is 8.79. The van der Waals surface area contributed by atoms with Crippen LogP contribution >= 0.6 is 11.8 Å². The Kier molecular flexibility index (Phi) is 20.3. The number of rotatable bonds is 23. The van der Waals surface area contributed by atoms with Gasteiger partial charge in [-0.15, -0.1) is 0 Å². The molecule has 13 nitrogen and oxygen atoms in total. The van der Waals surface area contributed by atoms with Gasteiger partial charge in [0.1, 0.15) is 18.1 Å². The lowest BCUT2D eigenvalue weighted by atomic mass is 9.96. The van der Waals surface area contributed by atoms with Gasteiger partial charge in [0, 0.05) is 13.5 Å². The van der Waals surface area contributed by atoms with Gasteiger partial charge in [-0.2, -0.15) is 11.8 Å². The molecule has 276 valence electrons. The third-order valence-electron chi connectivity index (χ3n) is 8.15. The second-order valence-electron chi connectivity index (χ2n) is 12.9. The van der Waals surface area contributed by atoms with Gasteiger partial charge in [-0.3, -0.25) is 24.0 Å². The van der Waals surface area contributed by atoms with Gasteiger partial charge >= 0.3 is 5.97 Å². The quantitative estimate of drug-likeness (QED) is 0.0893. The van der Waals surface area contributed by atoms with E-state index in [9.17, 15) is 39.0 Å². The zero-order valence-corrected chi connectivity index (χ0v) is 30.8. The van der Waals surface area contributed by atoms with Crippen molar-refractivity contribution in [3.8, 4) is 0 Å². The number of carbonyl (C=O) groups is 6. The first-order valence-corrected chi connectivity index (χ1v) is 18.5. The van der Waals surface area contributed by atoms with Gasteiger partial charge in [-0.05, 0) is 60.8 Å². The minimum atomic E-state index is -1.29. The van der Waals surface area contributed by atoms with Crippen molar-refractivity contribution in [2.45, 2.75) is 123 Å². The van der Waals surface area contributed by atoms with Gasteiger partial charge < -0.3 is 36.8 Å². The standard InChI is InChI=1S/C35H57N5O8S/c1-8-10-14-26(32(44)36-20-24-12-11-13-25(18-24)35(47)48)38-30(43)19-29(42)28(17-21(3)4)40-33(45)27(15-16-49-7)39-34(46)31(22(5)9-2)37-23(6)41/h11-13,18,21-22,26-29,31,42H,8-10,14-17,19-20H2,1-7H3,(H,36,44)(H,37,41)(H,38,43)(H,39,46)(H,40,45)(H,47,48)/t22-,26-,27-,28-,29-,31-/m0/s1. The number of amides is 5. The number of unbranched alkanes of at least 4 members (excludes halogenated alkanes) is 1. The molecular weight excluding hydrogens is 650 g/mol. The van der Waals surface area contributed by atoms with Crippen LogP contribution in [0.2, 0.25) is 0 Å². The van der Waals surface area contributed by atoms with Gasteiger partial charge in [0.2, 0.25) is 29.5 Å². The molecule has 1 rings (SSSR count). The second-order valence-corrected chi connectivity index (χ2v) is 13.9. The molecule has 0 aliphatic heterocycles. The van der Waals surface area contributed by atoms with Gasteiger partial charge in [-0.25, -0.2) is 4.79 Å². The first-order valence-electron chi connectivity index (χ1n) is 17.1. The number of aromatic carboxylic acids is 1. The summed E-state index contributed by atoms with van der Waals surface area (Å²) < 4.78 is 0. The van der Waals surface area contributed by atoms with Crippen molar-refractivity contribution >= 4 is 47.3 Å². The van der Waals surface area contributed by atoms with E-state index in [0.29, 0.717) is 43.4 Å². The number of benzene rings is 1. The highest BCUT2D eigenvalue weighted by Gasteiger charge is 2.32. The van der Waals surface area contributed by atoms with E-state index < -0.39 is 59.9 Å². The van der Waals surface area contributed by atoms with E-state index in [1.54, 1.807) is 12.1 Å². The number of hydrogen-bond donors (Lipinski definition) is 7. The van der Waals surface area contributed by atoms with Crippen LogP contribution in [-0.2, 0) is 30.5 Å². The van der Waals surface area contributed by atoms with Crippen LogP contribution in [0.4, 0.5) is 0 Å². The highest BCUT2D eigenvalue weighted by molar-refractivity contribution is 7.98. The lowest BCUT2D eigenvalue weighted by molar-refractivity contribution is -0.133.